The van der Waals surface area contributed by atoms with Crippen LogP contribution in [0.1, 0.15) is 26.7 Å². The molecule has 3 amide bonds. The van der Waals surface area contributed by atoms with Crippen molar-refractivity contribution >= 4 is 17.9 Å². The number of amides is 3. The van der Waals surface area contributed by atoms with E-state index in [1.54, 1.807) is 13.0 Å². The van der Waals surface area contributed by atoms with Gasteiger partial charge in [-0.2, -0.15) is 5.06 Å². The predicted octanol–water partition coefficient (Wildman–Crippen LogP) is 0.669. The maximum atomic E-state index is 13.8. The van der Waals surface area contributed by atoms with Crippen molar-refractivity contribution in [2.45, 2.75) is 45.1 Å². The molecular weight excluding hydrogens is 349 g/mol. The first-order valence-electron chi connectivity index (χ1n) is 8.59. The molecule has 1 saturated heterocycles. The number of fused-ring (bicyclic) bond motifs is 2. The molecule has 3 aliphatic rings. The summed E-state index contributed by atoms with van der Waals surface area (Å²) in [6, 6.07) is -2.16. The summed E-state index contributed by atoms with van der Waals surface area (Å²) >= 11 is 0. The number of esters is 1. The standard InChI is InChI=1S/C16H22FN3O6/c1-3-24-15(22)13(17)26-20-11-6-9(2)12(19(7-11)16(20)23)14(21)18-25-8-10-4-5-10/h6,10-13H,3-5,7-8H2,1-2H3,(H,18,21)/t11-,12+,13-/m1/s1. The molecular formula is C16H22FN3O6. The van der Waals surface area contributed by atoms with Crippen LogP contribution in [0.25, 0.3) is 0 Å². The molecule has 1 aliphatic carbocycles. The average molecular weight is 371 g/mol. The van der Waals surface area contributed by atoms with Crippen molar-refractivity contribution in [1.29, 1.82) is 0 Å². The molecule has 0 radical (unpaired) electrons. The van der Waals surface area contributed by atoms with E-state index >= 15 is 0 Å². The fourth-order valence-corrected chi connectivity index (χ4v) is 2.99. The number of rotatable bonds is 8. The minimum absolute atomic E-state index is 0.00573. The molecule has 144 valence electrons. The maximum Gasteiger partial charge on any atom is 0.370 e. The number of alkyl halides is 1. The number of carbonyl (C=O) groups is 3. The van der Waals surface area contributed by atoms with Crippen molar-refractivity contribution in [2.24, 2.45) is 5.92 Å². The first-order chi connectivity index (χ1) is 12.4. The van der Waals surface area contributed by atoms with Gasteiger partial charge in [-0.15, -0.1) is 0 Å². The van der Waals surface area contributed by atoms with Crippen LogP contribution < -0.4 is 5.48 Å². The van der Waals surface area contributed by atoms with Crippen molar-refractivity contribution in [3.8, 4) is 0 Å². The summed E-state index contributed by atoms with van der Waals surface area (Å²) in [4.78, 5) is 47.6. The summed E-state index contributed by atoms with van der Waals surface area (Å²) in [5.74, 6) is -1.21. The van der Waals surface area contributed by atoms with E-state index < -0.39 is 36.3 Å². The number of halogens is 1. The summed E-state index contributed by atoms with van der Waals surface area (Å²) in [6.45, 7) is 3.81. The van der Waals surface area contributed by atoms with Crippen LogP contribution in [0.3, 0.4) is 0 Å². The number of nitrogens with one attached hydrogen (secondary N) is 1. The van der Waals surface area contributed by atoms with Crippen LogP contribution in [0, 0.1) is 5.92 Å². The Morgan fingerprint density at radius 3 is 2.81 bits per heavy atom. The molecule has 0 aromatic heterocycles. The number of urea groups is 1. The van der Waals surface area contributed by atoms with E-state index in [1.807, 2.05) is 0 Å². The highest BCUT2D eigenvalue weighted by atomic mass is 19.1. The summed E-state index contributed by atoms with van der Waals surface area (Å²) in [5.41, 5.74) is 2.98. The van der Waals surface area contributed by atoms with E-state index in [2.05, 4.69) is 10.2 Å². The fourth-order valence-electron chi connectivity index (χ4n) is 2.99. The molecule has 3 rings (SSSR count). The van der Waals surface area contributed by atoms with Crippen LogP contribution in [-0.2, 0) is 24.0 Å². The van der Waals surface area contributed by atoms with Gasteiger partial charge in [0.2, 0.25) is 0 Å². The Labute approximate surface area is 149 Å². The van der Waals surface area contributed by atoms with Gasteiger partial charge in [-0.3, -0.25) is 9.63 Å². The van der Waals surface area contributed by atoms with Crippen molar-refractivity contribution in [3.05, 3.63) is 11.6 Å². The summed E-state index contributed by atoms with van der Waals surface area (Å²) in [5, 5.41) is 0.767. The third kappa shape index (κ3) is 3.80. The number of hydrogen-bond donors (Lipinski definition) is 1. The molecule has 3 atom stereocenters. The van der Waals surface area contributed by atoms with Crippen LogP contribution in [0.15, 0.2) is 11.6 Å². The number of hydroxylamine groups is 3. The molecule has 2 aliphatic heterocycles. The Morgan fingerprint density at radius 1 is 1.42 bits per heavy atom. The number of nitrogens with zero attached hydrogens (tertiary/aromatic N) is 2. The van der Waals surface area contributed by atoms with Gasteiger partial charge in [0.1, 0.15) is 6.04 Å². The van der Waals surface area contributed by atoms with Gasteiger partial charge in [0.25, 0.3) is 5.91 Å². The van der Waals surface area contributed by atoms with Crippen molar-refractivity contribution in [3.63, 3.8) is 0 Å². The third-order valence-corrected chi connectivity index (χ3v) is 4.43. The highest BCUT2D eigenvalue weighted by Crippen LogP contribution is 2.31. The van der Waals surface area contributed by atoms with Gasteiger partial charge in [0, 0.05) is 0 Å². The van der Waals surface area contributed by atoms with Crippen LogP contribution in [0.5, 0.6) is 0 Å². The van der Waals surface area contributed by atoms with Crippen LogP contribution in [0.4, 0.5) is 9.18 Å². The molecule has 1 saturated carbocycles. The molecule has 9 nitrogen and oxygen atoms in total. The zero-order valence-electron chi connectivity index (χ0n) is 14.6. The molecule has 26 heavy (non-hydrogen) atoms. The van der Waals surface area contributed by atoms with E-state index in [9.17, 15) is 18.8 Å². The number of carbonyl (C=O) groups excluding carboxylic acids is 3. The summed E-state index contributed by atoms with van der Waals surface area (Å²) in [6.07, 6.45) is 1.40. The number of ether oxygens (including phenoxy) is 1. The maximum absolute atomic E-state index is 13.8. The van der Waals surface area contributed by atoms with Crippen LogP contribution >= 0.6 is 0 Å². The zero-order valence-corrected chi connectivity index (χ0v) is 14.6. The molecule has 1 N–H and O–H groups in total. The Morgan fingerprint density at radius 2 is 2.15 bits per heavy atom. The second-order valence-corrected chi connectivity index (χ2v) is 6.54. The van der Waals surface area contributed by atoms with E-state index in [0.717, 1.165) is 17.9 Å². The Hall–Kier alpha value is -2.20. The fraction of sp³-hybridized carbons (Fsp3) is 0.688. The van der Waals surface area contributed by atoms with E-state index in [1.165, 1.54) is 11.8 Å². The van der Waals surface area contributed by atoms with Crippen molar-refractivity contribution in [2.75, 3.05) is 19.8 Å². The van der Waals surface area contributed by atoms with Crippen LogP contribution in [-0.4, -0.2) is 66.1 Å². The molecule has 0 aromatic carbocycles. The second-order valence-electron chi connectivity index (χ2n) is 6.54. The monoisotopic (exact) mass is 371 g/mol. The summed E-state index contributed by atoms with van der Waals surface area (Å²) in [7, 11) is 0. The molecule has 0 aromatic rings. The van der Waals surface area contributed by atoms with Crippen LogP contribution in [0.2, 0.25) is 0 Å². The van der Waals surface area contributed by atoms with Gasteiger partial charge in [-0.05, 0) is 38.2 Å². The lowest BCUT2D eigenvalue weighted by Gasteiger charge is -2.28. The van der Waals surface area contributed by atoms with Crippen molar-refractivity contribution < 1.29 is 33.2 Å². The lowest BCUT2D eigenvalue weighted by molar-refractivity contribution is -0.223. The Kier molecular flexibility index (Phi) is 5.42. The van der Waals surface area contributed by atoms with E-state index in [0.29, 0.717) is 18.1 Å². The summed E-state index contributed by atoms with van der Waals surface area (Å²) < 4.78 is 18.4. The Balaban J connectivity index is 1.62. The first-order valence-corrected chi connectivity index (χ1v) is 8.59. The molecule has 0 unspecified atom stereocenters. The normalized spacial score (nSPS) is 25.8. The van der Waals surface area contributed by atoms with Crippen molar-refractivity contribution in [1.82, 2.24) is 15.4 Å². The van der Waals surface area contributed by atoms with Gasteiger partial charge < -0.3 is 9.64 Å². The molecule has 2 fully saturated rings. The average Bonchev–Trinajstić information content (AvgIpc) is 3.38. The first kappa shape index (κ1) is 18.6. The minimum Gasteiger partial charge on any atom is -0.462 e. The quantitative estimate of drug-likeness (QED) is 0.383. The molecule has 0 spiro atoms. The SMILES string of the molecule is CCOC(=O)[C@H](F)ON1C(=O)N2C[C@H]1C=C(C)[C@H]2C(=O)NOCC1CC1. The van der Waals surface area contributed by atoms with E-state index in [-0.39, 0.29) is 13.2 Å². The topological polar surface area (TPSA) is 97.4 Å². The van der Waals surface area contributed by atoms with Gasteiger partial charge >= 0.3 is 18.4 Å². The lowest BCUT2D eigenvalue weighted by Crippen LogP contribution is -2.50. The predicted molar refractivity (Wildman–Crippen MR) is 84.7 cm³/mol. The Bertz CT molecular complexity index is 623. The number of hydrogen-bond acceptors (Lipinski definition) is 6. The smallest absolute Gasteiger partial charge is 0.370 e. The highest BCUT2D eigenvalue weighted by Gasteiger charge is 2.49. The largest absolute Gasteiger partial charge is 0.462 e. The third-order valence-electron chi connectivity index (χ3n) is 4.43. The van der Waals surface area contributed by atoms with E-state index in [4.69, 9.17) is 9.68 Å². The van der Waals surface area contributed by atoms with Gasteiger partial charge in [0.05, 0.1) is 25.8 Å². The minimum atomic E-state index is -2.41. The van der Waals surface area contributed by atoms with Gasteiger partial charge in [-0.1, -0.05) is 6.08 Å². The molecule has 10 heteroatoms. The van der Waals surface area contributed by atoms with Gasteiger partial charge in [-0.25, -0.2) is 24.3 Å². The zero-order chi connectivity index (χ0) is 18.8. The second kappa shape index (κ2) is 7.58. The van der Waals surface area contributed by atoms with Gasteiger partial charge in [0.15, 0.2) is 0 Å². The molecule has 2 bridgehead atoms. The molecule has 2 heterocycles. The lowest BCUT2D eigenvalue weighted by atomic mass is 10.0. The highest BCUT2D eigenvalue weighted by molar-refractivity contribution is 5.91.